The Balaban J connectivity index is 1.59. The van der Waals surface area contributed by atoms with Crippen molar-refractivity contribution in [2.75, 3.05) is 26.2 Å². The summed E-state index contributed by atoms with van der Waals surface area (Å²) in [7, 11) is 0. The minimum absolute atomic E-state index is 0.0689. The van der Waals surface area contributed by atoms with E-state index in [1.54, 1.807) is 11.1 Å². The van der Waals surface area contributed by atoms with Gasteiger partial charge in [0.2, 0.25) is 5.91 Å². The standard InChI is InChI=1S/C24H31N3O3/c1-17-12-18(2)14-27(13-17)24(30)23(29)20-15-26(21-9-5-4-8-19(20)21)16-22(28)25-10-6-3-7-11-25/h4-5,8-9,15,17-18H,3,6-7,10-14,16H2,1-2H3/t17-,18+. The van der Waals surface area contributed by atoms with Crippen molar-refractivity contribution in [2.24, 2.45) is 11.8 Å². The molecular weight excluding hydrogens is 378 g/mol. The number of nitrogens with zero attached hydrogens (tertiary/aromatic N) is 3. The van der Waals surface area contributed by atoms with E-state index in [1.165, 1.54) is 6.42 Å². The number of rotatable bonds is 4. The molecule has 2 aliphatic heterocycles. The van der Waals surface area contributed by atoms with Gasteiger partial charge in [-0.25, -0.2) is 0 Å². The molecule has 1 aromatic carbocycles. The van der Waals surface area contributed by atoms with Gasteiger partial charge in [-0.3, -0.25) is 14.4 Å². The van der Waals surface area contributed by atoms with Crippen LogP contribution in [0.15, 0.2) is 30.5 Å². The highest BCUT2D eigenvalue weighted by atomic mass is 16.2. The van der Waals surface area contributed by atoms with E-state index in [1.807, 2.05) is 33.7 Å². The summed E-state index contributed by atoms with van der Waals surface area (Å²) >= 11 is 0. The van der Waals surface area contributed by atoms with Crippen LogP contribution in [-0.2, 0) is 16.1 Å². The molecule has 0 N–H and O–H groups in total. The van der Waals surface area contributed by atoms with Crippen molar-refractivity contribution >= 4 is 28.5 Å². The maximum atomic E-state index is 13.2. The Labute approximate surface area is 177 Å². The second-order valence-corrected chi connectivity index (χ2v) is 9.11. The highest BCUT2D eigenvalue weighted by Crippen LogP contribution is 2.25. The fourth-order valence-electron chi connectivity index (χ4n) is 5.04. The van der Waals surface area contributed by atoms with Crippen LogP contribution in [0.3, 0.4) is 0 Å². The Kier molecular flexibility index (Phi) is 5.93. The van der Waals surface area contributed by atoms with Crippen molar-refractivity contribution in [3.05, 3.63) is 36.0 Å². The lowest BCUT2D eigenvalue weighted by Gasteiger charge is -2.34. The molecule has 2 aromatic rings. The number of fused-ring (bicyclic) bond motifs is 1. The number of aromatic nitrogens is 1. The van der Waals surface area contributed by atoms with Gasteiger partial charge in [0.15, 0.2) is 0 Å². The van der Waals surface area contributed by atoms with E-state index in [0.29, 0.717) is 30.5 Å². The molecule has 2 aliphatic rings. The number of benzene rings is 1. The van der Waals surface area contributed by atoms with Crippen molar-refractivity contribution in [3.63, 3.8) is 0 Å². The molecule has 6 nitrogen and oxygen atoms in total. The number of Topliss-reactive ketones (excluding diaryl/α,β-unsaturated/α-hetero) is 1. The molecule has 2 amide bonds. The fourth-order valence-corrected chi connectivity index (χ4v) is 5.04. The van der Waals surface area contributed by atoms with Crippen LogP contribution in [0.1, 0.15) is 49.9 Å². The Bertz CT molecular complexity index is 948. The Morgan fingerprint density at radius 1 is 0.933 bits per heavy atom. The monoisotopic (exact) mass is 409 g/mol. The first-order valence-electron chi connectivity index (χ1n) is 11.1. The number of carbonyl (C=O) groups excluding carboxylic acids is 3. The van der Waals surface area contributed by atoms with Gasteiger partial charge in [-0.2, -0.15) is 0 Å². The van der Waals surface area contributed by atoms with Crippen LogP contribution >= 0.6 is 0 Å². The average Bonchev–Trinajstić information content (AvgIpc) is 3.11. The zero-order chi connectivity index (χ0) is 21.3. The van der Waals surface area contributed by atoms with Gasteiger partial charge in [0.25, 0.3) is 11.7 Å². The third-order valence-electron chi connectivity index (χ3n) is 6.40. The van der Waals surface area contributed by atoms with Crippen LogP contribution in [0, 0.1) is 11.8 Å². The van der Waals surface area contributed by atoms with Gasteiger partial charge >= 0.3 is 0 Å². The van der Waals surface area contributed by atoms with E-state index in [4.69, 9.17) is 0 Å². The number of para-hydroxylation sites is 1. The largest absolute Gasteiger partial charge is 0.341 e. The van der Waals surface area contributed by atoms with E-state index < -0.39 is 11.7 Å². The minimum atomic E-state index is -0.475. The predicted octanol–water partition coefficient (Wildman–Crippen LogP) is 3.34. The van der Waals surface area contributed by atoms with Crippen molar-refractivity contribution in [2.45, 2.75) is 46.1 Å². The van der Waals surface area contributed by atoms with Crippen molar-refractivity contribution < 1.29 is 14.4 Å². The lowest BCUT2D eigenvalue weighted by Crippen LogP contribution is -2.45. The summed E-state index contributed by atoms with van der Waals surface area (Å²) in [5.41, 5.74) is 1.22. The summed E-state index contributed by atoms with van der Waals surface area (Å²) in [6, 6.07) is 7.53. The molecule has 30 heavy (non-hydrogen) atoms. The van der Waals surface area contributed by atoms with Gasteiger partial charge in [0, 0.05) is 43.3 Å². The SMILES string of the molecule is C[C@@H]1C[C@H](C)CN(C(=O)C(=O)c2cn(CC(=O)N3CCCCC3)c3ccccc23)C1. The summed E-state index contributed by atoms with van der Waals surface area (Å²) < 4.78 is 1.83. The number of likely N-dealkylation sites (tertiary alicyclic amines) is 2. The van der Waals surface area contributed by atoms with E-state index in [2.05, 4.69) is 13.8 Å². The van der Waals surface area contributed by atoms with Gasteiger partial charge in [0.05, 0.1) is 5.56 Å². The van der Waals surface area contributed by atoms with Crippen LogP contribution in [0.2, 0.25) is 0 Å². The smallest absolute Gasteiger partial charge is 0.295 e. The fraction of sp³-hybridized carbons (Fsp3) is 0.542. The molecule has 0 unspecified atom stereocenters. The highest BCUT2D eigenvalue weighted by Gasteiger charge is 2.31. The zero-order valence-corrected chi connectivity index (χ0v) is 18.0. The molecule has 2 saturated heterocycles. The summed E-state index contributed by atoms with van der Waals surface area (Å²) in [6.45, 7) is 7.29. The molecule has 1 aromatic heterocycles. The van der Waals surface area contributed by atoms with Crippen molar-refractivity contribution in [3.8, 4) is 0 Å². The maximum absolute atomic E-state index is 13.2. The van der Waals surface area contributed by atoms with Gasteiger partial charge < -0.3 is 14.4 Å². The van der Waals surface area contributed by atoms with Crippen molar-refractivity contribution in [1.29, 1.82) is 0 Å². The van der Waals surface area contributed by atoms with E-state index in [9.17, 15) is 14.4 Å². The molecule has 0 saturated carbocycles. The second-order valence-electron chi connectivity index (χ2n) is 9.11. The molecule has 0 radical (unpaired) electrons. The van der Waals surface area contributed by atoms with Crippen LogP contribution < -0.4 is 0 Å². The van der Waals surface area contributed by atoms with Crippen LogP contribution in [0.25, 0.3) is 10.9 Å². The summed E-state index contributed by atoms with van der Waals surface area (Å²) in [5, 5.41) is 0.736. The van der Waals surface area contributed by atoms with Crippen LogP contribution in [0.4, 0.5) is 0 Å². The summed E-state index contributed by atoms with van der Waals surface area (Å²) in [6.07, 6.45) is 6.04. The molecule has 160 valence electrons. The predicted molar refractivity (Wildman–Crippen MR) is 116 cm³/mol. The molecule has 0 aliphatic carbocycles. The van der Waals surface area contributed by atoms with E-state index in [-0.39, 0.29) is 12.5 Å². The number of piperidine rings is 2. The quantitative estimate of drug-likeness (QED) is 0.575. The molecule has 3 heterocycles. The third-order valence-corrected chi connectivity index (χ3v) is 6.40. The molecule has 2 atom stereocenters. The first-order valence-corrected chi connectivity index (χ1v) is 11.1. The molecule has 0 bridgehead atoms. The highest BCUT2D eigenvalue weighted by molar-refractivity contribution is 6.44. The second kappa shape index (κ2) is 8.62. The molecule has 0 spiro atoms. The number of carbonyl (C=O) groups is 3. The third kappa shape index (κ3) is 4.13. The van der Waals surface area contributed by atoms with Gasteiger partial charge in [-0.15, -0.1) is 0 Å². The minimum Gasteiger partial charge on any atom is -0.341 e. The number of amides is 2. The lowest BCUT2D eigenvalue weighted by molar-refractivity contribution is -0.132. The maximum Gasteiger partial charge on any atom is 0.295 e. The van der Waals surface area contributed by atoms with E-state index in [0.717, 1.165) is 43.3 Å². The summed E-state index contributed by atoms with van der Waals surface area (Å²) in [4.78, 5) is 42.6. The molecule has 4 rings (SSSR count). The van der Waals surface area contributed by atoms with E-state index >= 15 is 0 Å². The van der Waals surface area contributed by atoms with Crippen molar-refractivity contribution in [1.82, 2.24) is 14.4 Å². The Morgan fingerprint density at radius 2 is 1.60 bits per heavy atom. The summed E-state index contributed by atoms with van der Waals surface area (Å²) in [5.74, 6) is -0.0437. The Hall–Kier alpha value is -2.63. The number of ketones is 1. The first-order chi connectivity index (χ1) is 14.4. The average molecular weight is 410 g/mol. The van der Waals surface area contributed by atoms with Crippen LogP contribution in [-0.4, -0.2) is 58.1 Å². The first kappa shape index (κ1) is 20.6. The molecule has 2 fully saturated rings. The van der Waals surface area contributed by atoms with Gasteiger partial charge in [-0.1, -0.05) is 32.0 Å². The topological polar surface area (TPSA) is 62.6 Å². The normalized spacial score (nSPS) is 22.3. The van der Waals surface area contributed by atoms with Crippen LogP contribution in [0.5, 0.6) is 0 Å². The zero-order valence-electron chi connectivity index (χ0n) is 18.0. The molecular formula is C24H31N3O3. The number of hydrogen-bond donors (Lipinski definition) is 0. The molecule has 6 heteroatoms. The van der Waals surface area contributed by atoms with Gasteiger partial charge in [-0.05, 0) is 43.6 Å². The van der Waals surface area contributed by atoms with Gasteiger partial charge in [0.1, 0.15) is 6.54 Å². The Morgan fingerprint density at radius 3 is 2.30 bits per heavy atom. The lowest BCUT2D eigenvalue weighted by atomic mass is 9.91. The number of hydrogen-bond acceptors (Lipinski definition) is 3.